The van der Waals surface area contributed by atoms with Crippen molar-refractivity contribution < 1.29 is 13.6 Å². The molecule has 4 nitrogen and oxygen atoms in total. The van der Waals surface area contributed by atoms with Crippen LogP contribution in [0.15, 0.2) is 23.6 Å². The summed E-state index contributed by atoms with van der Waals surface area (Å²) in [5, 5.41) is 4.36. The van der Waals surface area contributed by atoms with Crippen molar-refractivity contribution in [1.82, 2.24) is 4.98 Å². The van der Waals surface area contributed by atoms with Gasteiger partial charge in [-0.1, -0.05) is 0 Å². The molecule has 0 aliphatic rings. The number of rotatable bonds is 3. The predicted octanol–water partition coefficient (Wildman–Crippen LogP) is 2.13. The number of aromatic nitrogens is 1. The molecule has 2 rings (SSSR count). The van der Waals surface area contributed by atoms with E-state index in [2.05, 4.69) is 10.3 Å². The van der Waals surface area contributed by atoms with E-state index in [0.29, 0.717) is 5.01 Å². The minimum absolute atomic E-state index is 0.129. The maximum atomic E-state index is 13.3. The lowest BCUT2D eigenvalue weighted by Crippen LogP contribution is -2.14. The molecule has 0 saturated carbocycles. The van der Waals surface area contributed by atoms with Crippen molar-refractivity contribution in [2.24, 2.45) is 5.73 Å². The first-order valence-corrected chi connectivity index (χ1v) is 5.89. The molecular formula is C11H9F2N3OS. The van der Waals surface area contributed by atoms with Gasteiger partial charge in [0.05, 0.1) is 5.69 Å². The van der Waals surface area contributed by atoms with Gasteiger partial charge in [-0.3, -0.25) is 4.79 Å². The van der Waals surface area contributed by atoms with Crippen LogP contribution in [0.5, 0.6) is 0 Å². The van der Waals surface area contributed by atoms with Crippen molar-refractivity contribution in [2.75, 3.05) is 5.32 Å². The number of nitrogens with one attached hydrogen (secondary N) is 1. The Balaban J connectivity index is 2.18. The van der Waals surface area contributed by atoms with Crippen LogP contribution in [0.25, 0.3) is 0 Å². The van der Waals surface area contributed by atoms with E-state index >= 15 is 0 Å². The fraction of sp³-hybridized carbons (Fsp3) is 0.0909. The molecule has 18 heavy (non-hydrogen) atoms. The molecule has 3 N–H and O–H groups in total. The predicted molar refractivity (Wildman–Crippen MR) is 64.3 cm³/mol. The average Bonchev–Trinajstić information content (AvgIpc) is 2.82. The summed E-state index contributed by atoms with van der Waals surface area (Å²) in [5.41, 5.74) is 5.28. The molecule has 0 bridgehead atoms. The van der Waals surface area contributed by atoms with E-state index in [9.17, 15) is 13.6 Å². The lowest BCUT2D eigenvalue weighted by atomic mass is 10.3. The van der Waals surface area contributed by atoms with Gasteiger partial charge in [-0.15, -0.1) is 11.3 Å². The third kappa shape index (κ3) is 2.69. The second-order valence-electron chi connectivity index (χ2n) is 3.41. The zero-order chi connectivity index (χ0) is 13.1. The van der Waals surface area contributed by atoms with Crippen molar-refractivity contribution in [2.45, 2.75) is 6.54 Å². The van der Waals surface area contributed by atoms with Gasteiger partial charge < -0.3 is 11.1 Å². The number of carbonyl (C=O) groups excluding carboxylic acids is 1. The molecule has 0 saturated heterocycles. The number of benzene rings is 1. The SMILES string of the molecule is NCc1nc(C(=O)Nc2cc(F)ccc2F)cs1. The summed E-state index contributed by atoms with van der Waals surface area (Å²) >= 11 is 1.23. The Labute approximate surface area is 105 Å². The monoisotopic (exact) mass is 269 g/mol. The van der Waals surface area contributed by atoms with Crippen LogP contribution in [0, 0.1) is 11.6 Å². The molecule has 1 amide bonds. The van der Waals surface area contributed by atoms with E-state index in [-0.39, 0.29) is 17.9 Å². The quantitative estimate of drug-likeness (QED) is 0.897. The average molecular weight is 269 g/mol. The van der Waals surface area contributed by atoms with E-state index in [1.807, 2.05) is 0 Å². The first-order chi connectivity index (χ1) is 8.60. The molecule has 7 heteroatoms. The van der Waals surface area contributed by atoms with Crippen LogP contribution in [0.2, 0.25) is 0 Å². The van der Waals surface area contributed by atoms with Gasteiger partial charge in [-0.25, -0.2) is 13.8 Å². The molecule has 0 aliphatic carbocycles. The molecule has 2 aromatic rings. The Morgan fingerprint density at radius 2 is 2.22 bits per heavy atom. The maximum absolute atomic E-state index is 13.3. The number of nitrogens with zero attached hydrogens (tertiary/aromatic N) is 1. The van der Waals surface area contributed by atoms with Gasteiger partial charge >= 0.3 is 0 Å². The maximum Gasteiger partial charge on any atom is 0.275 e. The molecule has 0 fully saturated rings. The zero-order valence-corrected chi connectivity index (χ0v) is 9.93. The number of halogens is 2. The fourth-order valence-corrected chi connectivity index (χ4v) is 1.94. The summed E-state index contributed by atoms with van der Waals surface area (Å²) in [6.45, 7) is 0.228. The largest absolute Gasteiger partial charge is 0.325 e. The van der Waals surface area contributed by atoms with Crippen LogP contribution >= 0.6 is 11.3 Å². The van der Waals surface area contributed by atoms with Gasteiger partial charge in [0.2, 0.25) is 0 Å². The smallest absolute Gasteiger partial charge is 0.275 e. The molecule has 0 atom stereocenters. The molecule has 0 aliphatic heterocycles. The Morgan fingerprint density at radius 3 is 2.89 bits per heavy atom. The van der Waals surface area contributed by atoms with Crippen molar-refractivity contribution in [3.63, 3.8) is 0 Å². The Bertz CT molecular complexity index is 585. The summed E-state index contributed by atoms with van der Waals surface area (Å²) in [7, 11) is 0. The van der Waals surface area contributed by atoms with Gasteiger partial charge in [0, 0.05) is 18.0 Å². The highest BCUT2D eigenvalue weighted by Crippen LogP contribution is 2.17. The van der Waals surface area contributed by atoms with Gasteiger partial charge in [0.15, 0.2) is 0 Å². The summed E-state index contributed by atoms with van der Waals surface area (Å²) in [4.78, 5) is 15.7. The van der Waals surface area contributed by atoms with Gasteiger partial charge in [-0.05, 0) is 12.1 Å². The van der Waals surface area contributed by atoms with Crippen molar-refractivity contribution >= 4 is 22.9 Å². The van der Waals surface area contributed by atoms with Crippen LogP contribution in [0.1, 0.15) is 15.5 Å². The van der Waals surface area contributed by atoms with E-state index in [4.69, 9.17) is 5.73 Å². The van der Waals surface area contributed by atoms with Crippen LogP contribution < -0.4 is 11.1 Å². The van der Waals surface area contributed by atoms with Gasteiger partial charge in [-0.2, -0.15) is 0 Å². The number of nitrogens with two attached hydrogens (primary N) is 1. The van der Waals surface area contributed by atoms with Crippen molar-refractivity contribution in [3.05, 3.63) is 45.9 Å². The van der Waals surface area contributed by atoms with Crippen molar-refractivity contribution in [1.29, 1.82) is 0 Å². The van der Waals surface area contributed by atoms with Crippen LogP contribution in [-0.2, 0) is 6.54 Å². The van der Waals surface area contributed by atoms with Crippen molar-refractivity contribution in [3.8, 4) is 0 Å². The Hall–Kier alpha value is -1.86. The highest BCUT2D eigenvalue weighted by Gasteiger charge is 2.13. The minimum atomic E-state index is -0.709. The third-order valence-electron chi connectivity index (χ3n) is 2.14. The number of hydrogen-bond donors (Lipinski definition) is 2. The van der Waals surface area contributed by atoms with E-state index in [0.717, 1.165) is 18.2 Å². The second kappa shape index (κ2) is 5.19. The summed E-state index contributed by atoms with van der Waals surface area (Å²) in [6, 6.07) is 2.82. The molecule has 0 radical (unpaired) electrons. The highest BCUT2D eigenvalue weighted by atomic mass is 32.1. The number of anilines is 1. The fourth-order valence-electron chi connectivity index (χ4n) is 1.29. The molecule has 0 unspecified atom stereocenters. The Morgan fingerprint density at radius 1 is 1.44 bits per heavy atom. The topological polar surface area (TPSA) is 68.0 Å². The molecule has 1 aromatic carbocycles. The molecule has 1 heterocycles. The molecular weight excluding hydrogens is 260 g/mol. The highest BCUT2D eigenvalue weighted by molar-refractivity contribution is 7.09. The molecule has 1 aromatic heterocycles. The summed E-state index contributed by atoms with van der Waals surface area (Å²) in [6.07, 6.45) is 0. The van der Waals surface area contributed by atoms with Gasteiger partial charge in [0.1, 0.15) is 22.3 Å². The number of hydrogen-bond acceptors (Lipinski definition) is 4. The summed E-state index contributed by atoms with van der Waals surface area (Å²) in [5.74, 6) is -1.94. The number of thiazole rings is 1. The van der Waals surface area contributed by atoms with Crippen LogP contribution in [0.4, 0.5) is 14.5 Å². The van der Waals surface area contributed by atoms with Gasteiger partial charge in [0.25, 0.3) is 5.91 Å². The van der Waals surface area contributed by atoms with Crippen LogP contribution in [0.3, 0.4) is 0 Å². The normalized spacial score (nSPS) is 10.4. The minimum Gasteiger partial charge on any atom is -0.325 e. The van der Waals surface area contributed by atoms with E-state index in [1.54, 1.807) is 0 Å². The van der Waals surface area contributed by atoms with Crippen LogP contribution in [-0.4, -0.2) is 10.9 Å². The zero-order valence-electron chi connectivity index (χ0n) is 9.11. The Kier molecular flexibility index (Phi) is 3.63. The van der Waals surface area contributed by atoms with E-state index in [1.165, 1.54) is 16.7 Å². The lowest BCUT2D eigenvalue weighted by molar-refractivity contribution is 0.102. The van der Waals surface area contributed by atoms with E-state index < -0.39 is 17.5 Å². The first-order valence-electron chi connectivity index (χ1n) is 5.01. The number of carbonyl (C=O) groups is 1. The molecule has 0 spiro atoms. The summed E-state index contributed by atoms with van der Waals surface area (Å²) < 4.78 is 26.2. The standard InChI is InChI=1S/C11H9F2N3OS/c12-6-1-2-7(13)8(3-6)16-11(17)9-5-18-10(4-14)15-9/h1-3,5H,4,14H2,(H,16,17). The first kappa shape index (κ1) is 12.6. The second-order valence-corrected chi connectivity index (χ2v) is 4.35. The third-order valence-corrected chi connectivity index (χ3v) is 3.01. The molecule has 94 valence electrons. The lowest BCUT2D eigenvalue weighted by Gasteiger charge is -2.04. The number of amides is 1.